The lowest BCUT2D eigenvalue weighted by Crippen LogP contribution is -2.17. The van der Waals surface area contributed by atoms with E-state index in [2.05, 4.69) is 42.4 Å². The smallest absolute Gasteiger partial charge is 0.275 e. The molecule has 0 fully saturated rings. The maximum absolute atomic E-state index is 12.5. The second-order valence-electron chi connectivity index (χ2n) is 7.11. The standard InChI is InChI=1S/C25H17Br2ClN2O3/c26-20-9-15(10-21(27)24(20)33-14-18-7-3-4-8-22(18)28)13-29-30-25(32)19-11-16-5-1-2-6-17(16)12-23(19)31/h1-13,31H,14H2,(H,30,32). The van der Waals surface area contributed by atoms with E-state index >= 15 is 0 Å². The number of phenolic OH excluding ortho intramolecular Hbond substituents is 1. The van der Waals surface area contributed by atoms with E-state index in [-0.39, 0.29) is 11.3 Å². The van der Waals surface area contributed by atoms with Gasteiger partial charge in [0.15, 0.2) is 0 Å². The summed E-state index contributed by atoms with van der Waals surface area (Å²) in [5, 5.41) is 16.6. The van der Waals surface area contributed by atoms with Gasteiger partial charge < -0.3 is 9.84 Å². The quantitative estimate of drug-likeness (QED) is 0.187. The molecule has 0 unspecified atom stereocenters. The average Bonchev–Trinajstić information content (AvgIpc) is 2.79. The summed E-state index contributed by atoms with van der Waals surface area (Å²) in [6, 6.07) is 21.8. The number of nitrogens with one attached hydrogen (secondary N) is 1. The minimum Gasteiger partial charge on any atom is -0.507 e. The molecule has 0 aliphatic rings. The van der Waals surface area contributed by atoms with Gasteiger partial charge in [0, 0.05) is 10.6 Å². The van der Waals surface area contributed by atoms with Crippen LogP contribution in [0.5, 0.6) is 11.5 Å². The highest BCUT2D eigenvalue weighted by Gasteiger charge is 2.13. The van der Waals surface area contributed by atoms with Crippen LogP contribution in [0.2, 0.25) is 5.02 Å². The first-order chi connectivity index (χ1) is 15.9. The highest BCUT2D eigenvalue weighted by atomic mass is 79.9. The van der Waals surface area contributed by atoms with Gasteiger partial charge in [0.05, 0.1) is 20.7 Å². The number of ether oxygens (including phenoxy) is 1. The monoisotopic (exact) mass is 586 g/mol. The van der Waals surface area contributed by atoms with Gasteiger partial charge in [0.25, 0.3) is 5.91 Å². The SMILES string of the molecule is O=C(NN=Cc1cc(Br)c(OCc2ccccc2Cl)c(Br)c1)c1cc2ccccc2cc1O. The average molecular weight is 589 g/mol. The number of aromatic hydroxyl groups is 1. The molecular formula is C25H17Br2ClN2O3. The third-order valence-electron chi connectivity index (χ3n) is 4.84. The Hall–Kier alpha value is -2.87. The molecule has 0 bridgehead atoms. The molecule has 8 heteroatoms. The zero-order valence-electron chi connectivity index (χ0n) is 17.1. The maximum Gasteiger partial charge on any atom is 0.275 e. The maximum atomic E-state index is 12.5. The van der Waals surface area contributed by atoms with Crippen LogP contribution >= 0.6 is 43.5 Å². The first-order valence-corrected chi connectivity index (χ1v) is 11.8. The summed E-state index contributed by atoms with van der Waals surface area (Å²) in [4.78, 5) is 12.5. The van der Waals surface area contributed by atoms with E-state index in [1.54, 1.807) is 12.1 Å². The molecule has 1 amide bonds. The topological polar surface area (TPSA) is 70.9 Å². The van der Waals surface area contributed by atoms with Crippen LogP contribution in [0.15, 0.2) is 86.8 Å². The molecule has 0 saturated carbocycles. The van der Waals surface area contributed by atoms with Crippen LogP contribution in [-0.2, 0) is 6.61 Å². The number of fused-ring (bicyclic) bond motifs is 1. The van der Waals surface area contributed by atoms with E-state index in [4.69, 9.17) is 16.3 Å². The van der Waals surface area contributed by atoms with Crippen molar-refractivity contribution in [3.8, 4) is 11.5 Å². The fourth-order valence-electron chi connectivity index (χ4n) is 3.19. The van der Waals surface area contributed by atoms with Gasteiger partial charge in [-0.15, -0.1) is 0 Å². The van der Waals surface area contributed by atoms with Gasteiger partial charge >= 0.3 is 0 Å². The number of carbonyl (C=O) groups is 1. The van der Waals surface area contributed by atoms with E-state index < -0.39 is 5.91 Å². The molecule has 4 aromatic carbocycles. The predicted molar refractivity (Wildman–Crippen MR) is 138 cm³/mol. The Kier molecular flexibility index (Phi) is 7.33. The normalized spacial score (nSPS) is 11.1. The van der Waals surface area contributed by atoms with Crippen LogP contribution in [0.1, 0.15) is 21.5 Å². The third-order valence-corrected chi connectivity index (χ3v) is 6.39. The predicted octanol–water partition coefficient (Wildman–Crippen LogP) is 7.07. The zero-order valence-corrected chi connectivity index (χ0v) is 21.0. The molecule has 4 rings (SSSR count). The van der Waals surface area contributed by atoms with Crippen molar-refractivity contribution >= 4 is 66.4 Å². The number of phenols is 1. The molecule has 166 valence electrons. The Morgan fingerprint density at radius 1 is 1.00 bits per heavy atom. The highest BCUT2D eigenvalue weighted by molar-refractivity contribution is 9.11. The largest absolute Gasteiger partial charge is 0.507 e. The number of halogens is 3. The molecule has 2 N–H and O–H groups in total. The Balaban J connectivity index is 1.45. The number of carbonyl (C=O) groups excluding carboxylic acids is 1. The van der Waals surface area contributed by atoms with Crippen molar-refractivity contribution in [2.24, 2.45) is 5.10 Å². The summed E-state index contributed by atoms with van der Waals surface area (Å²) in [6.45, 7) is 0.315. The van der Waals surface area contributed by atoms with E-state index in [0.717, 1.165) is 21.9 Å². The van der Waals surface area contributed by atoms with Crippen LogP contribution in [0.4, 0.5) is 0 Å². The molecule has 0 aliphatic heterocycles. The van der Waals surface area contributed by atoms with Gasteiger partial charge in [0.2, 0.25) is 0 Å². The molecular weight excluding hydrogens is 572 g/mol. The number of benzene rings is 4. The summed E-state index contributed by atoms with van der Waals surface area (Å²) in [6.07, 6.45) is 1.50. The van der Waals surface area contributed by atoms with Gasteiger partial charge in [-0.3, -0.25) is 4.79 Å². The van der Waals surface area contributed by atoms with Crippen molar-refractivity contribution in [3.05, 3.63) is 103 Å². The van der Waals surface area contributed by atoms with Gasteiger partial charge in [-0.2, -0.15) is 5.10 Å². The van der Waals surface area contributed by atoms with Crippen LogP contribution < -0.4 is 10.2 Å². The van der Waals surface area contributed by atoms with Gasteiger partial charge in [-0.1, -0.05) is 54.1 Å². The molecule has 0 spiro atoms. The second kappa shape index (κ2) is 10.4. The first-order valence-electron chi connectivity index (χ1n) is 9.83. The third kappa shape index (κ3) is 5.55. The molecule has 0 atom stereocenters. The lowest BCUT2D eigenvalue weighted by atomic mass is 10.1. The Morgan fingerprint density at radius 2 is 1.64 bits per heavy atom. The molecule has 0 saturated heterocycles. The number of rotatable bonds is 6. The van der Waals surface area contributed by atoms with Crippen molar-refractivity contribution < 1.29 is 14.6 Å². The second-order valence-corrected chi connectivity index (χ2v) is 9.23. The van der Waals surface area contributed by atoms with Crippen molar-refractivity contribution in [2.45, 2.75) is 6.61 Å². The summed E-state index contributed by atoms with van der Waals surface area (Å²) >= 11 is 13.2. The van der Waals surface area contributed by atoms with Gasteiger partial charge in [-0.25, -0.2) is 5.43 Å². The zero-order chi connectivity index (χ0) is 23.4. The number of hydrazone groups is 1. The lowest BCUT2D eigenvalue weighted by Gasteiger charge is -2.12. The molecule has 0 aliphatic carbocycles. The molecule has 0 aromatic heterocycles. The number of amides is 1. The van der Waals surface area contributed by atoms with Crippen molar-refractivity contribution in [1.82, 2.24) is 5.43 Å². The Bertz CT molecular complexity index is 1350. The number of hydrogen-bond acceptors (Lipinski definition) is 4. The Labute approximate surface area is 212 Å². The van der Waals surface area contributed by atoms with Crippen LogP contribution in [0, 0.1) is 0 Å². The molecule has 0 heterocycles. The minimum atomic E-state index is -0.507. The van der Waals surface area contributed by atoms with E-state index in [9.17, 15) is 9.90 Å². The van der Waals surface area contributed by atoms with Crippen LogP contribution in [-0.4, -0.2) is 17.2 Å². The minimum absolute atomic E-state index is 0.105. The van der Waals surface area contributed by atoms with Crippen molar-refractivity contribution in [3.63, 3.8) is 0 Å². The fraction of sp³-hybridized carbons (Fsp3) is 0.0400. The van der Waals surface area contributed by atoms with E-state index in [1.165, 1.54) is 6.21 Å². The number of hydrogen-bond donors (Lipinski definition) is 2. The summed E-state index contributed by atoms with van der Waals surface area (Å²) < 4.78 is 7.34. The molecule has 33 heavy (non-hydrogen) atoms. The van der Waals surface area contributed by atoms with Crippen molar-refractivity contribution in [2.75, 3.05) is 0 Å². The van der Waals surface area contributed by atoms with E-state index in [1.807, 2.05) is 60.7 Å². The molecule has 4 aromatic rings. The number of nitrogens with zero attached hydrogens (tertiary/aromatic N) is 1. The van der Waals surface area contributed by atoms with Gasteiger partial charge in [0.1, 0.15) is 18.1 Å². The highest BCUT2D eigenvalue weighted by Crippen LogP contribution is 2.35. The molecule has 0 radical (unpaired) electrons. The summed E-state index contributed by atoms with van der Waals surface area (Å²) in [5.74, 6) is 0.0106. The molecule has 5 nitrogen and oxygen atoms in total. The first kappa shape index (κ1) is 23.3. The Morgan fingerprint density at radius 3 is 2.33 bits per heavy atom. The van der Waals surface area contributed by atoms with Crippen molar-refractivity contribution in [1.29, 1.82) is 0 Å². The van der Waals surface area contributed by atoms with Crippen LogP contribution in [0.25, 0.3) is 10.8 Å². The fourth-order valence-corrected chi connectivity index (χ4v) is 4.83. The lowest BCUT2D eigenvalue weighted by molar-refractivity contribution is 0.0952. The van der Waals surface area contributed by atoms with Gasteiger partial charge in [-0.05, 0) is 78.5 Å². The summed E-state index contributed by atoms with van der Waals surface area (Å²) in [7, 11) is 0. The van der Waals surface area contributed by atoms with E-state index in [0.29, 0.717) is 26.3 Å². The summed E-state index contributed by atoms with van der Waals surface area (Å²) in [5.41, 5.74) is 4.20. The van der Waals surface area contributed by atoms with Crippen LogP contribution in [0.3, 0.4) is 0 Å².